The van der Waals surface area contributed by atoms with Crippen molar-refractivity contribution in [2.75, 3.05) is 18.9 Å². The number of rotatable bonds is 1. The van der Waals surface area contributed by atoms with Crippen molar-refractivity contribution in [3.05, 3.63) is 22.7 Å². The molecule has 2 N–H and O–H groups in total. The highest BCUT2D eigenvalue weighted by Crippen LogP contribution is 2.35. The van der Waals surface area contributed by atoms with E-state index in [0.29, 0.717) is 5.95 Å². The van der Waals surface area contributed by atoms with E-state index in [4.69, 9.17) is 10.5 Å². The number of ether oxygens (including phenoxy) is 1. The third-order valence-electron chi connectivity index (χ3n) is 3.75. The van der Waals surface area contributed by atoms with Crippen LogP contribution in [0.25, 0.3) is 11.0 Å². The van der Waals surface area contributed by atoms with Gasteiger partial charge in [0.05, 0.1) is 11.0 Å². The number of nitrogens with zero attached hydrogens (tertiary/aromatic N) is 2. The Labute approximate surface area is 114 Å². The maximum absolute atomic E-state index is 6.12. The molecule has 1 aromatic carbocycles. The molecule has 0 spiro atoms. The zero-order valence-corrected chi connectivity index (χ0v) is 11.9. The van der Waals surface area contributed by atoms with Crippen LogP contribution in [0.1, 0.15) is 19.8 Å². The van der Waals surface area contributed by atoms with Gasteiger partial charge >= 0.3 is 0 Å². The molecule has 0 unspecified atom stereocenters. The minimum Gasteiger partial charge on any atom is -0.381 e. The fraction of sp³-hybridized carbons (Fsp3) is 0.462. The Kier molecular flexibility index (Phi) is 2.83. The molecule has 1 aliphatic rings. The average molecular weight is 310 g/mol. The van der Waals surface area contributed by atoms with Crippen LogP contribution in [0.2, 0.25) is 0 Å². The van der Waals surface area contributed by atoms with Crippen molar-refractivity contribution >= 4 is 32.9 Å². The second-order valence-electron chi connectivity index (χ2n) is 5.05. The Hall–Kier alpha value is -1.07. The Bertz CT molecular complexity index is 587. The molecule has 1 aromatic heterocycles. The molecule has 2 heterocycles. The van der Waals surface area contributed by atoms with Crippen molar-refractivity contribution in [3.8, 4) is 0 Å². The maximum atomic E-state index is 6.12. The summed E-state index contributed by atoms with van der Waals surface area (Å²) < 4.78 is 8.67. The van der Waals surface area contributed by atoms with Crippen molar-refractivity contribution in [2.45, 2.75) is 25.3 Å². The van der Waals surface area contributed by atoms with Gasteiger partial charge in [0.15, 0.2) is 0 Å². The third kappa shape index (κ3) is 1.82. The van der Waals surface area contributed by atoms with Gasteiger partial charge in [-0.3, -0.25) is 0 Å². The standard InChI is InChI=1S/C13H16BrN3O/c1-13(4-6-18-7-5-13)17-11-8-9(14)2-3-10(11)16-12(17)15/h2-3,8H,4-7H2,1H3,(H2,15,16). The molecule has 0 amide bonds. The summed E-state index contributed by atoms with van der Waals surface area (Å²) in [5, 5.41) is 0. The summed E-state index contributed by atoms with van der Waals surface area (Å²) in [5.41, 5.74) is 8.15. The molecule has 2 aromatic rings. The van der Waals surface area contributed by atoms with E-state index >= 15 is 0 Å². The van der Waals surface area contributed by atoms with E-state index in [1.807, 2.05) is 12.1 Å². The first-order valence-corrected chi connectivity index (χ1v) is 6.91. The highest BCUT2D eigenvalue weighted by Gasteiger charge is 2.32. The van der Waals surface area contributed by atoms with Gasteiger partial charge < -0.3 is 15.0 Å². The van der Waals surface area contributed by atoms with Crippen LogP contribution in [-0.2, 0) is 10.3 Å². The molecule has 0 atom stereocenters. The SMILES string of the molecule is CC1(n2c(N)nc3ccc(Br)cc32)CCOCC1. The van der Waals surface area contributed by atoms with Gasteiger partial charge in [-0.1, -0.05) is 15.9 Å². The van der Waals surface area contributed by atoms with Gasteiger partial charge in [-0.15, -0.1) is 0 Å². The number of halogens is 1. The van der Waals surface area contributed by atoms with E-state index in [1.165, 1.54) is 0 Å². The Morgan fingerprint density at radius 2 is 2.11 bits per heavy atom. The van der Waals surface area contributed by atoms with Gasteiger partial charge in [0, 0.05) is 23.2 Å². The van der Waals surface area contributed by atoms with Crippen molar-refractivity contribution in [3.63, 3.8) is 0 Å². The van der Waals surface area contributed by atoms with Crippen LogP contribution in [-0.4, -0.2) is 22.8 Å². The first kappa shape index (κ1) is 12.0. The lowest BCUT2D eigenvalue weighted by Crippen LogP contribution is -2.37. The van der Waals surface area contributed by atoms with E-state index in [2.05, 4.69) is 38.5 Å². The van der Waals surface area contributed by atoms with E-state index in [1.54, 1.807) is 0 Å². The Morgan fingerprint density at radius 1 is 1.39 bits per heavy atom. The summed E-state index contributed by atoms with van der Waals surface area (Å²) >= 11 is 3.51. The molecule has 0 aliphatic carbocycles. The van der Waals surface area contributed by atoms with Crippen LogP contribution >= 0.6 is 15.9 Å². The normalized spacial score (nSPS) is 19.2. The van der Waals surface area contributed by atoms with Crippen molar-refractivity contribution in [2.24, 2.45) is 0 Å². The van der Waals surface area contributed by atoms with Crippen LogP contribution in [0.5, 0.6) is 0 Å². The molecule has 0 saturated carbocycles. The Morgan fingerprint density at radius 3 is 2.83 bits per heavy atom. The fourth-order valence-electron chi connectivity index (χ4n) is 2.67. The van der Waals surface area contributed by atoms with Gasteiger partial charge in [0.1, 0.15) is 0 Å². The molecule has 0 bridgehead atoms. The molecule has 3 rings (SSSR count). The second kappa shape index (κ2) is 4.24. The van der Waals surface area contributed by atoms with Crippen LogP contribution in [0.3, 0.4) is 0 Å². The predicted molar refractivity (Wildman–Crippen MR) is 75.5 cm³/mol. The van der Waals surface area contributed by atoms with E-state index in [9.17, 15) is 0 Å². The molecule has 4 nitrogen and oxygen atoms in total. The van der Waals surface area contributed by atoms with E-state index in [0.717, 1.165) is 41.6 Å². The molecule has 5 heteroatoms. The molecule has 1 fully saturated rings. The first-order valence-electron chi connectivity index (χ1n) is 6.12. The number of imidazole rings is 1. The number of hydrogen-bond donors (Lipinski definition) is 1. The number of nitrogens with two attached hydrogens (primary N) is 1. The highest BCUT2D eigenvalue weighted by atomic mass is 79.9. The molecule has 18 heavy (non-hydrogen) atoms. The lowest BCUT2D eigenvalue weighted by Gasteiger charge is -2.36. The molecular formula is C13H16BrN3O. The third-order valence-corrected chi connectivity index (χ3v) is 4.25. The van der Waals surface area contributed by atoms with Gasteiger partial charge in [0.2, 0.25) is 5.95 Å². The minimum absolute atomic E-state index is 0.00211. The smallest absolute Gasteiger partial charge is 0.201 e. The molecule has 0 radical (unpaired) electrons. The average Bonchev–Trinajstić information content (AvgIpc) is 2.66. The van der Waals surface area contributed by atoms with Crippen molar-refractivity contribution < 1.29 is 4.74 Å². The second-order valence-corrected chi connectivity index (χ2v) is 5.96. The molecule has 1 saturated heterocycles. The minimum atomic E-state index is -0.00211. The van der Waals surface area contributed by atoms with E-state index in [-0.39, 0.29) is 5.54 Å². The number of nitrogen functional groups attached to an aromatic ring is 1. The zero-order valence-electron chi connectivity index (χ0n) is 10.3. The molecular weight excluding hydrogens is 294 g/mol. The number of benzene rings is 1. The van der Waals surface area contributed by atoms with Gasteiger partial charge in [0.25, 0.3) is 0 Å². The summed E-state index contributed by atoms with van der Waals surface area (Å²) in [6.45, 7) is 3.79. The number of fused-ring (bicyclic) bond motifs is 1. The topological polar surface area (TPSA) is 53.1 Å². The summed E-state index contributed by atoms with van der Waals surface area (Å²) in [6, 6.07) is 6.07. The Balaban J connectivity index is 2.20. The number of hydrogen-bond acceptors (Lipinski definition) is 3. The largest absolute Gasteiger partial charge is 0.381 e. The zero-order chi connectivity index (χ0) is 12.8. The van der Waals surface area contributed by atoms with Crippen LogP contribution in [0.15, 0.2) is 22.7 Å². The first-order chi connectivity index (χ1) is 8.60. The van der Waals surface area contributed by atoms with Crippen molar-refractivity contribution in [1.29, 1.82) is 0 Å². The van der Waals surface area contributed by atoms with Crippen LogP contribution < -0.4 is 5.73 Å². The van der Waals surface area contributed by atoms with Crippen LogP contribution in [0, 0.1) is 0 Å². The van der Waals surface area contributed by atoms with Crippen molar-refractivity contribution in [1.82, 2.24) is 9.55 Å². The molecule has 1 aliphatic heterocycles. The molecule has 96 valence electrons. The highest BCUT2D eigenvalue weighted by molar-refractivity contribution is 9.10. The fourth-order valence-corrected chi connectivity index (χ4v) is 3.02. The predicted octanol–water partition coefficient (Wildman–Crippen LogP) is 2.91. The van der Waals surface area contributed by atoms with E-state index < -0.39 is 0 Å². The summed E-state index contributed by atoms with van der Waals surface area (Å²) in [6.07, 6.45) is 1.93. The van der Waals surface area contributed by atoms with Gasteiger partial charge in [-0.2, -0.15) is 0 Å². The lowest BCUT2D eigenvalue weighted by molar-refractivity contribution is 0.0320. The summed E-state index contributed by atoms with van der Waals surface area (Å²) in [5.74, 6) is 0.590. The summed E-state index contributed by atoms with van der Waals surface area (Å²) in [4.78, 5) is 4.45. The summed E-state index contributed by atoms with van der Waals surface area (Å²) in [7, 11) is 0. The van der Waals surface area contributed by atoms with Crippen LogP contribution in [0.4, 0.5) is 5.95 Å². The number of aromatic nitrogens is 2. The van der Waals surface area contributed by atoms with Gasteiger partial charge in [-0.05, 0) is 38.0 Å². The van der Waals surface area contributed by atoms with Gasteiger partial charge in [-0.25, -0.2) is 4.98 Å². The lowest BCUT2D eigenvalue weighted by atomic mass is 9.92. The maximum Gasteiger partial charge on any atom is 0.201 e. The number of anilines is 1. The monoisotopic (exact) mass is 309 g/mol. The quantitative estimate of drug-likeness (QED) is 0.881.